The summed E-state index contributed by atoms with van der Waals surface area (Å²) in [6.07, 6.45) is 3.15. The van der Waals surface area contributed by atoms with Crippen molar-refractivity contribution in [2.45, 2.75) is 52.0 Å². The van der Waals surface area contributed by atoms with Gasteiger partial charge in [0, 0.05) is 13.1 Å². The summed E-state index contributed by atoms with van der Waals surface area (Å²) in [7, 11) is 0. The van der Waals surface area contributed by atoms with Crippen molar-refractivity contribution in [1.82, 2.24) is 4.90 Å². The van der Waals surface area contributed by atoms with E-state index in [1.807, 2.05) is 6.92 Å². The van der Waals surface area contributed by atoms with E-state index >= 15 is 0 Å². The van der Waals surface area contributed by atoms with Gasteiger partial charge in [0.1, 0.15) is 0 Å². The van der Waals surface area contributed by atoms with Crippen LogP contribution in [0.2, 0.25) is 0 Å². The van der Waals surface area contributed by atoms with Crippen LogP contribution in [-0.2, 0) is 14.3 Å². The fourth-order valence-electron chi connectivity index (χ4n) is 2.60. The summed E-state index contributed by atoms with van der Waals surface area (Å²) in [4.78, 5) is 25.9. The maximum atomic E-state index is 12.4. The number of nitrogens with two attached hydrogens (primary N) is 1. The second-order valence-electron chi connectivity index (χ2n) is 5.51. The Morgan fingerprint density at radius 2 is 2.05 bits per heavy atom. The first kappa shape index (κ1) is 19.2. The highest BCUT2D eigenvalue weighted by atomic mass is 35.5. The minimum Gasteiger partial charge on any atom is -0.466 e. The standard InChI is InChI=1S/C14H26N2O3.ClH/c1-4-8-14(3,15)13(18)16-9-6-7-11(10-16)12(17)19-5-2;/h11H,4-10,15H2,1-3H3;1H. The van der Waals surface area contributed by atoms with E-state index in [2.05, 4.69) is 0 Å². The molecule has 0 bridgehead atoms. The number of carbonyl (C=O) groups is 2. The Hall–Kier alpha value is -0.810. The molecule has 0 spiro atoms. The first-order chi connectivity index (χ1) is 8.92. The van der Waals surface area contributed by atoms with Gasteiger partial charge in [-0.25, -0.2) is 0 Å². The molecule has 0 aromatic rings. The van der Waals surface area contributed by atoms with Crippen LogP contribution in [0.3, 0.4) is 0 Å². The molecule has 0 aromatic heterocycles. The molecule has 1 aliphatic heterocycles. The fourth-order valence-corrected chi connectivity index (χ4v) is 2.60. The third kappa shape index (κ3) is 4.94. The summed E-state index contributed by atoms with van der Waals surface area (Å²) in [6, 6.07) is 0. The number of halogens is 1. The second kappa shape index (κ2) is 8.47. The van der Waals surface area contributed by atoms with Crippen LogP contribution in [0.1, 0.15) is 46.5 Å². The van der Waals surface area contributed by atoms with E-state index in [0.29, 0.717) is 26.1 Å². The highest BCUT2D eigenvalue weighted by molar-refractivity contribution is 5.86. The van der Waals surface area contributed by atoms with Gasteiger partial charge in [0.05, 0.1) is 18.1 Å². The molecule has 1 aliphatic rings. The van der Waals surface area contributed by atoms with Gasteiger partial charge >= 0.3 is 5.97 Å². The molecule has 0 aromatic carbocycles. The monoisotopic (exact) mass is 306 g/mol. The number of esters is 1. The minimum absolute atomic E-state index is 0. The summed E-state index contributed by atoms with van der Waals surface area (Å²) in [5.41, 5.74) is 5.25. The lowest BCUT2D eigenvalue weighted by atomic mass is 9.92. The predicted molar refractivity (Wildman–Crippen MR) is 80.7 cm³/mol. The van der Waals surface area contributed by atoms with Crippen molar-refractivity contribution in [3.8, 4) is 0 Å². The summed E-state index contributed by atoms with van der Waals surface area (Å²) in [6.45, 7) is 7.08. The van der Waals surface area contributed by atoms with Gasteiger partial charge in [-0.3, -0.25) is 9.59 Å². The highest BCUT2D eigenvalue weighted by Gasteiger charge is 2.36. The Morgan fingerprint density at radius 1 is 1.40 bits per heavy atom. The van der Waals surface area contributed by atoms with Crippen LogP contribution in [0.15, 0.2) is 0 Å². The number of hydrogen-bond acceptors (Lipinski definition) is 4. The number of piperidine rings is 1. The molecule has 0 aliphatic carbocycles. The molecule has 0 saturated carbocycles. The molecule has 1 saturated heterocycles. The van der Waals surface area contributed by atoms with E-state index in [-0.39, 0.29) is 30.2 Å². The lowest BCUT2D eigenvalue weighted by Gasteiger charge is -2.36. The smallest absolute Gasteiger partial charge is 0.310 e. The van der Waals surface area contributed by atoms with Gasteiger partial charge in [-0.1, -0.05) is 13.3 Å². The molecule has 5 nitrogen and oxygen atoms in total. The Labute approximate surface area is 127 Å². The van der Waals surface area contributed by atoms with Crippen molar-refractivity contribution in [3.63, 3.8) is 0 Å². The molecule has 1 amide bonds. The molecule has 1 heterocycles. The number of amides is 1. The van der Waals surface area contributed by atoms with Gasteiger partial charge in [0.2, 0.25) is 5.91 Å². The molecule has 2 atom stereocenters. The summed E-state index contributed by atoms with van der Waals surface area (Å²) < 4.78 is 5.03. The molecule has 2 unspecified atom stereocenters. The Morgan fingerprint density at radius 3 is 2.60 bits per heavy atom. The van der Waals surface area contributed by atoms with E-state index in [9.17, 15) is 9.59 Å². The van der Waals surface area contributed by atoms with Crippen LogP contribution in [-0.4, -0.2) is 42.0 Å². The molecule has 1 fully saturated rings. The predicted octanol–water partition coefficient (Wildman–Crippen LogP) is 1.73. The van der Waals surface area contributed by atoms with Gasteiger partial charge in [-0.2, -0.15) is 0 Å². The zero-order valence-corrected chi connectivity index (χ0v) is 13.5. The minimum atomic E-state index is -0.828. The third-order valence-electron chi connectivity index (χ3n) is 3.59. The Bertz CT molecular complexity index is 334. The van der Waals surface area contributed by atoms with Gasteiger partial charge < -0.3 is 15.4 Å². The van der Waals surface area contributed by atoms with Crippen LogP contribution >= 0.6 is 12.4 Å². The van der Waals surface area contributed by atoms with E-state index < -0.39 is 5.54 Å². The maximum Gasteiger partial charge on any atom is 0.310 e. The van der Waals surface area contributed by atoms with Crippen molar-refractivity contribution in [1.29, 1.82) is 0 Å². The fraction of sp³-hybridized carbons (Fsp3) is 0.857. The summed E-state index contributed by atoms with van der Waals surface area (Å²) in [5.74, 6) is -0.451. The average molecular weight is 307 g/mol. The van der Waals surface area contributed by atoms with E-state index in [1.54, 1.807) is 18.7 Å². The van der Waals surface area contributed by atoms with E-state index in [0.717, 1.165) is 19.3 Å². The largest absolute Gasteiger partial charge is 0.466 e. The van der Waals surface area contributed by atoms with Gasteiger partial charge in [0.25, 0.3) is 0 Å². The first-order valence-corrected chi connectivity index (χ1v) is 7.17. The number of likely N-dealkylation sites (tertiary alicyclic amines) is 1. The number of nitrogens with zero attached hydrogens (tertiary/aromatic N) is 1. The summed E-state index contributed by atoms with van der Waals surface area (Å²) in [5, 5.41) is 0. The molecule has 118 valence electrons. The third-order valence-corrected chi connectivity index (χ3v) is 3.59. The molecular weight excluding hydrogens is 280 g/mol. The number of hydrogen-bond donors (Lipinski definition) is 1. The van der Waals surface area contributed by atoms with E-state index in [1.165, 1.54) is 0 Å². The molecule has 2 N–H and O–H groups in total. The Kier molecular flexibility index (Phi) is 8.13. The SMILES string of the molecule is CCCC(C)(N)C(=O)N1CCCC(C(=O)OCC)C1.Cl. The number of rotatable bonds is 5. The van der Waals surface area contributed by atoms with Gasteiger partial charge in [-0.15, -0.1) is 12.4 Å². The normalized spacial score (nSPS) is 21.6. The maximum absolute atomic E-state index is 12.4. The number of carbonyl (C=O) groups excluding carboxylic acids is 2. The van der Waals surface area contributed by atoms with Crippen molar-refractivity contribution in [3.05, 3.63) is 0 Å². The van der Waals surface area contributed by atoms with Gasteiger partial charge in [0.15, 0.2) is 0 Å². The highest BCUT2D eigenvalue weighted by Crippen LogP contribution is 2.21. The molecular formula is C14H27ClN2O3. The van der Waals surface area contributed by atoms with Crippen LogP contribution < -0.4 is 5.73 Å². The van der Waals surface area contributed by atoms with Crippen LogP contribution in [0.5, 0.6) is 0 Å². The van der Waals surface area contributed by atoms with Crippen molar-refractivity contribution in [2.75, 3.05) is 19.7 Å². The quantitative estimate of drug-likeness (QED) is 0.785. The summed E-state index contributed by atoms with van der Waals surface area (Å²) >= 11 is 0. The van der Waals surface area contributed by atoms with Crippen molar-refractivity contribution >= 4 is 24.3 Å². The zero-order valence-electron chi connectivity index (χ0n) is 12.7. The molecule has 1 rings (SSSR count). The number of ether oxygens (including phenoxy) is 1. The van der Waals surface area contributed by atoms with Crippen LogP contribution in [0.4, 0.5) is 0 Å². The van der Waals surface area contributed by atoms with Crippen molar-refractivity contribution < 1.29 is 14.3 Å². The van der Waals surface area contributed by atoms with Gasteiger partial charge in [-0.05, 0) is 33.1 Å². The second-order valence-corrected chi connectivity index (χ2v) is 5.51. The van der Waals surface area contributed by atoms with E-state index in [4.69, 9.17) is 10.5 Å². The molecule has 20 heavy (non-hydrogen) atoms. The lowest BCUT2D eigenvalue weighted by Crippen LogP contribution is -2.56. The zero-order chi connectivity index (χ0) is 14.5. The van der Waals surface area contributed by atoms with Crippen LogP contribution in [0, 0.1) is 5.92 Å². The lowest BCUT2D eigenvalue weighted by molar-refractivity contribution is -0.152. The molecule has 6 heteroatoms. The molecule has 0 radical (unpaired) electrons. The first-order valence-electron chi connectivity index (χ1n) is 7.17. The Balaban J connectivity index is 0.00000361. The topological polar surface area (TPSA) is 72.6 Å². The van der Waals surface area contributed by atoms with Crippen molar-refractivity contribution in [2.24, 2.45) is 11.7 Å². The average Bonchev–Trinajstić information content (AvgIpc) is 2.38. The van der Waals surface area contributed by atoms with Crippen LogP contribution in [0.25, 0.3) is 0 Å².